The van der Waals surface area contributed by atoms with E-state index in [1.54, 1.807) is 0 Å². The molecular weight excluding hydrogens is 266 g/mol. The molecule has 0 aromatic heterocycles. The van der Waals surface area contributed by atoms with Gasteiger partial charge in [-0.25, -0.2) is 4.79 Å². The highest BCUT2D eigenvalue weighted by Crippen LogP contribution is 2.32. The van der Waals surface area contributed by atoms with Gasteiger partial charge in [0.25, 0.3) is 0 Å². The molecule has 2 atom stereocenters. The summed E-state index contributed by atoms with van der Waals surface area (Å²) in [4.78, 5) is 14.3. The van der Waals surface area contributed by atoms with Gasteiger partial charge in [-0.2, -0.15) is 0 Å². The van der Waals surface area contributed by atoms with Crippen molar-refractivity contribution < 1.29 is 9.53 Å². The lowest BCUT2D eigenvalue weighted by Gasteiger charge is -2.32. The summed E-state index contributed by atoms with van der Waals surface area (Å²) in [5.74, 6) is 0.617. The van der Waals surface area contributed by atoms with Crippen molar-refractivity contribution in [3.05, 3.63) is 0 Å². The summed E-state index contributed by atoms with van der Waals surface area (Å²) < 4.78 is 5.37. The molecule has 1 amide bonds. The lowest BCUT2D eigenvalue weighted by atomic mass is 10.1. The van der Waals surface area contributed by atoms with Crippen LogP contribution in [0.1, 0.15) is 46.5 Å². The molecule has 2 unspecified atom stereocenters. The molecule has 0 bridgehead atoms. The van der Waals surface area contributed by atoms with Gasteiger partial charge in [-0.3, -0.25) is 0 Å². The second-order valence-electron chi connectivity index (χ2n) is 7.60. The zero-order valence-corrected chi connectivity index (χ0v) is 13.9. The van der Waals surface area contributed by atoms with Crippen molar-refractivity contribution in [1.29, 1.82) is 0 Å². The smallest absolute Gasteiger partial charge is 0.407 e. The number of hydrogen-bond donors (Lipinski definition) is 2. The first kappa shape index (κ1) is 16.6. The van der Waals surface area contributed by atoms with Gasteiger partial charge in [-0.1, -0.05) is 0 Å². The van der Waals surface area contributed by atoms with Gasteiger partial charge in [-0.05, 0) is 66.0 Å². The number of nitrogens with one attached hydrogen (secondary N) is 2. The zero-order chi connectivity index (χ0) is 15.5. The van der Waals surface area contributed by atoms with Crippen molar-refractivity contribution in [2.24, 2.45) is 5.92 Å². The van der Waals surface area contributed by atoms with Gasteiger partial charge < -0.3 is 20.3 Å². The minimum Gasteiger partial charge on any atom is -0.444 e. The fourth-order valence-corrected chi connectivity index (χ4v) is 2.92. The van der Waals surface area contributed by atoms with Crippen LogP contribution in [0, 0.1) is 5.92 Å². The number of amides is 1. The lowest BCUT2D eigenvalue weighted by Crippen LogP contribution is -2.51. The Morgan fingerprint density at radius 2 is 2.05 bits per heavy atom. The number of ether oxygens (including phenoxy) is 1. The van der Waals surface area contributed by atoms with Crippen molar-refractivity contribution in [2.45, 2.75) is 64.1 Å². The molecule has 2 aliphatic rings. The summed E-state index contributed by atoms with van der Waals surface area (Å²) in [6.07, 6.45) is 4.62. The average molecular weight is 297 g/mol. The van der Waals surface area contributed by atoms with Crippen molar-refractivity contribution in [1.82, 2.24) is 15.5 Å². The number of hydrogen-bond acceptors (Lipinski definition) is 4. The Morgan fingerprint density at radius 1 is 1.33 bits per heavy atom. The minimum absolute atomic E-state index is 0.201. The number of piperidine rings is 1. The zero-order valence-electron chi connectivity index (χ0n) is 13.9. The van der Waals surface area contributed by atoms with E-state index in [2.05, 4.69) is 22.6 Å². The van der Waals surface area contributed by atoms with E-state index in [4.69, 9.17) is 4.74 Å². The molecule has 5 nitrogen and oxygen atoms in total. The number of likely N-dealkylation sites (tertiary alicyclic amines) is 1. The minimum atomic E-state index is -0.433. The number of alkyl carbamates (subject to hydrolysis) is 1. The summed E-state index contributed by atoms with van der Waals surface area (Å²) in [5.41, 5.74) is -0.433. The van der Waals surface area contributed by atoms with E-state index in [9.17, 15) is 4.79 Å². The normalized spacial score (nSPS) is 25.4. The van der Waals surface area contributed by atoms with Crippen LogP contribution in [0.3, 0.4) is 0 Å². The van der Waals surface area contributed by atoms with Gasteiger partial charge in [0.2, 0.25) is 0 Å². The van der Waals surface area contributed by atoms with Crippen LogP contribution < -0.4 is 10.6 Å². The van der Waals surface area contributed by atoms with Crippen LogP contribution in [-0.2, 0) is 4.74 Å². The Morgan fingerprint density at radius 3 is 2.62 bits per heavy atom. The molecule has 0 radical (unpaired) electrons. The molecule has 1 heterocycles. The maximum Gasteiger partial charge on any atom is 0.407 e. The number of likely N-dealkylation sites (N-methyl/N-ethyl adjacent to an activating group) is 1. The Hall–Kier alpha value is -0.810. The topological polar surface area (TPSA) is 53.6 Å². The molecule has 0 aromatic carbocycles. The molecular formula is C16H31N3O2. The molecule has 1 aliphatic carbocycles. The van der Waals surface area contributed by atoms with E-state index in [0.717, 1.165) is 13.1 Å². The third-order valence-electron chi connectivity index (χ3n) is 4.14. The third kappa shape index (κ3) is 6.22. The van der Waals surface area contributed by atoms with Crippen LogP contribution in [0.15, 0.2) is 0 Å². The molecule has 2 N–H and O–H groups in total. The van der Waals surface area contributed by atoms with Crippen LogP contribution in [0.4, 0.5) is 4.79 Å². The van der Waals surface area contributed by atoms with E-state index in [0.29, 0.717) is 12.0 Å². The summed E-state index contributed by atoms with van der Waals surface area (Å²) in [6.45, 7) is 8.84. The first-order chi connectivity index (χ1) is 9.83. The molecule has 0 aromatic rings. The van der Waals surface area contributed by atoms with Gasteiger partial charge in [0.05, 0.1) is 0 Å². The van der Waals surface area contributed by atoms with Crippen molar-refractivity contribution >= 4 is 6.09 Å². The summed E-state index contributed by atoms with van der Waals surface area (Å²) in [6, 6.07) is 0.748. The van der Waals surface area contributed by atoms with Gasteiger partial charge in [0.15, 0.2) is 0 Å². The highest BCUT2D eigenvalue weighted by molar-refractivity contribution is 5.68. The first-order valence-electron chi connectivity index (χ1n) is 8.25. The molecule has 1 aliphatic heterocycles. The molecule has 122 valence electrons. The number of rotatable bonds is 5. The predicted molar refractivity (Wildman–Crippen MR) is 84.4 cm³/mol. The quantitative estimate of drug-likeness (QED) is 0.815. The van der Waals surface area contributed by atoms with E-state index in [-0.39, 0.29) is 12.1 Å². The second kappa shape index (κ2) is 6.97. The number of nitrogens with zero attached hydrogens (tertiary/aromatic N) is 1. The fraction of sp³-hybridized carbons (Fsp3) is 0.938. The first-order valence-corrected chi connectivity index (χ1v) is 8.25. The SMILES string of the molecule is CN1CCCC(NCC(NC(=O)OC(C)(C)C)C2CC2)C1. The summed E-state index contributed by atoms with van der Waals surface area (Å²) in [5, 5.41) is 6.68. The average Bonchev–Trinajstić information content (AvgIpc) is 3.16. The highest BCUT2D eigenvalue weighted by atomic mass is 16.6. The van der Waals surface area contributed by atoms with Crippen molar-refractivity contribution in [3.63, 3.8) is 0 Å². The van der Waals surface area contributed by atoms with Crippen LogP contribution in [0.2, 0.25) is 0 Å². The molecule has 1 saturated heterocycles. The van der Waals surface area contributed by atoms with Gasteiger partial charge in [-0.15, -0.1) is 0 Å². The number of carbonyl (C=O) groups is 1. The fourth-order valence-electron chi connectivity index (χ4n) is 2.92. The lowest BCUT2D eigenvalue weighted by molar-refractivity contribution is 0.0495. The van der Waals surface area contributed by atoms with Crippen molar-refractivity contribution in [2.75, 3.05) is 26.7 Å². The van der Waals surface area contributed by atoms with Gasteiger partial charge in [0, 0.05) is 25.2 Å². The van der Waals surface area contributed by atoms with Crippen LogP contribution in [0.25, 0.3) is 0 Å². The summed E-state index contributed by atoms with van der Waals surface area (Å²) >= 11 is 0. The standard InChI is InChI=1S/C16H31N3O2/c1-16(2,3)21-15(20)18-14(12-7-8-12)10-17-13-6-5-9-19(4)11-13/h12-14,17H,5-11H2,1-4H3,(H,18,20). The van der Waals surface area contributed by atoms with Crippen LogP contribution >= 0.6 is 0 Å². The Balaban J connectivity index is 1.75. The van der Waals surface area contributed by atoms with Gasteiger partial charge in [0.1, 0.15) is 5.60 Å². The molecule has 5 heteroatoms. The van der Waals surface area contributed by atoms with E-state index in [1.165, 1.54) is 32.2 Å². The maximum atomic E-state index is 11.9. The van der Waals surface area contributed by atoms with Crippen molar-refractivity contribution in [3.8, 4) is 0 Å². The second-order valence-corrected chi connectivity index (χ2v) is 7.60. The molecule has 2 fully saturated rings. The highest BCUT2D eigenvalue weighted by Gasteiger charge is 2.33. The monoisotopic (exact) mass is 297 g/mol. The maximum absolute atomic E-state index is 11.9. The molecule has 0 spiro atoms. The summed E-state index contributed by atoms with van der Waals surface area (Å²) in [7, 11) is 2.17. The van der Waals surface area contributed by atoms with Crippen LogP contribution in [-0.4, -0.2) is 55.4 Å². The number of carbonyl (C=O) groups excluding carboxylic acids is 1. The Kier molecular flexibility index (Phi) is 5.49. The molecule has 2 rings (SSSR count). The largest absolute Gasteiger partial charge is 0.444 e. The predicted octanol–water partition coefficient (Wildman–Crippen LogP) is 1.97. The third-order valence-corrected chi connectivity index (χ3v) is 4.14. The molecule has 1 saturated carbocycles. The Labute approximate surface area is 128 Å². The van der Waals surface area contributed by atoms with E-state index >= 15 is 0 Å². The van der Waals surface area contributed by atoms with E-state index < -0.39 is 5.60 Å². The van der Waals surface area contributed by atoms with Gasteiger partial charge >= 0.3 is 6.09 Å². The molecule has 21 heavy (non-hydrogen) atoms. The van der Waals surface area contributed by atoms with Crippen LogP contribution in [0.5, 0.6) is 0 Å². The van der Waals surface area contributed by atoms with E-state index in [1.807, 2.05) is 20.8 Å². The Bertz CT molecular complexity index is 350.